The van der Waals surface area contributed by atoms with Crippen molar-refractivity contribution >= 4 is 33.1 Å². The van der Waals surface area contributed by atoms with Crippen molar-refractivity contribution < 1.29 is 9.59 Å². The molecule has 0 saturated carbocycles. The minimum Gasteiger partial charge on any atom is -0.289 e. The Morgan fingerprint density at radius 1 is 0.412 bits per heavy atom. The summed E-state index contributed by atoms with van der Waals surface area (Å²) in [6.45, 7) is 0. The van der Waals surface area contributed by atoms with E-state index in [0.717, 1.165) is 22.3 Å². The predicted octanol–water partition coefficient (Wildman–Crippen LogP) is 6.96. The van der Waals surface area contributed by atoms with Crippen LogP contribution in [0.1, 0.15) is 54.8 Å². The molecule has 2 heteroatoms. The summed E-state index contributed by atoms with van der Waals surface area (Å²) in [7, 11) is 0. The average molecular weight is 434 g/mol. The second-order valence-electron chi connectivity index (χ2n) is 9.55. The lowest BCUT2D eigenvalue weighted by atomic mass is 9.57. The van der Waals surface area contributed by atoms with Crippen molar-refractivity contribution in [3.63, 3.8) is 0 Å². The largest absolute Gasteiger partial charge is 0.289 e. The van der Waals surface area contributed by atoms with Crippen LogP contribution in [0.3, 0.4) is 0 Å². The van der Waals surface area contributed by atoms with Crippen LogP contribution in [0.2, 0.25) is 0 Å². The zero-order chi connectivity index (χ0) is 22.6. The van der Waals surface area contributed by atoms with E-state index in [9.17, 15) is 9.59 Å². The van der Waals surface area contributed by atoms with Gasteiger partial charge in [0.25, 0.3) is 0 Å². The van der Waals surface area contributed by atoms with Crippen LogP contribution < -0.4 is 0 Å². The van der Waals surface area contributed by atoms with Crippen LogP contribution in [0.4, 0.5) is 0 Å². The quantitative estimate of drug-likeness (QED) is 0.247. The van der Waals surface area contributed by atoms with Gasteiger partial charge >= 0.3 is 0 Å². The second-order valence-corrected chi connectivity index (χ2v) is 9.55. The Morgan fingerprint density at radius 2 is 0.824 bits per heavy atom. The van der Waals surface area contributed by atoms with Gasteiger partial charge in [0.05, 0.1) is 0 Å². The van der Waals surface area contributed by atoms with E-state index in [4.69, 9.17) is 0 Å². The van der Waals surface area contributed by atoms with E-state index in [1.165, 1.54) is 21.5 Å². The molecule has 9 rings (SSSR count). The van der Waals surface area contributed by atoms with Crippen LogP contribution in [0.25, 0.3) is 21.5 Å². The highest BCUT2D eigenvalue weighted by Crippen LogP contribution is 2.58. The zero-order valence-corrected chi connectivity index (χ0v) is 18.2. The number of allylic oxidation sites excluding steroid dienone is 2. The molecular formula is C32H18O2. The molecule has 0 N–H and O–H groups in total. The molecule has 0 fully saturated rings. The van der Waals surface area contributed by atoms with Crippen LogP contribution in [0, 0.1) is 0 Å². The van der Waals surface area contributed by atoms with Crippen molar-refractivity contribution in [2.45, 2.75) is 11.8 Å². The van der Waals surface area contributed by atoms with Crippen LogP contribution in [-0.2, 0) is 0 Å². The Bertz CT molecular complexity index is 1670. The Balaban J connectivity index is 1.47. The van der Waals surface area contributed by atoms with Gasteiger partial charge in [-0.15, -0.1) is 0 Å². The van der Waals surface area contributed by atoms with Gasteiger partial charge in [0, 0.05) is 34.1 Å². The monoisotopic (exact) mass is 434 g/mol. The van der Waals surface area contributed by atoms with Gasteiger partial charge in [0.2, 0.25) is 0 Å². The van der Waals surface area contributed by atoms with Gasteiger partial charge in [-0.1, -0.05) is 72.8 Å². The van der Waals surface area contributed by atoms with Gasteiger partial charge in [-0.3, -0.25) is 9.59 Å². The highest BCUT2D eigenvalue weighted by Gasteiger charge is 2.50. The predicted molar refractivity (Wildman–Crippen MR) is 134 cm³/mol. The summed E-state index contributed by atoms with van der Waals surface area (Å²) in [5.41, 5.74) is 7.05. The molecule has 0 saturated heterocycles. The van der Waals surface area contributed by atoms with Crippen molar-refractivity contribution in [3.05, 3.63) is 142 Å². The maximum Gasteiger partial charge on any atom is 0.191 e. The highest BCUT2D eigenvalue weighted by atomic mass is 16.1. The average Bonchev–Trinajstić information content (AvgIpc) is 2.89. The molecule has 4 aliphatic rings. The van der Waals surface area contributed by atoms with E-state index in [0.29, 0.717) is 22.3 Å². The van der Waals surface area contributed by atoms with Gasteiger partial charge in [0.15, 0.2) is 11.6 Å². The molecule has 2 nitrogen and oxygen atoms in total. The summed E-state index contributed by atoms with van der Waals surface area (Å²) in [6, 6.07) is 33.0. The van der Waals surface area contributed by atoms with Crippen LogP contribution in [0.15, 0.2) is 108 Å². The number of carbonyl (C=O) groups excluding carboxylic acids is 2. The van der Waals surface area contributed by atoms with E-state index < -0.39 is 0 Å². The summed E-state index contributed by atoms with van der Waals surface area (Å²) in [6.07, 6.45) is 0. The Morgan fingerprint density at radius 3 is 1.29 bits per heavy atom. The topological polar surface area (TPSA) is 34.1 Å². The van der Waals surface area contributed by atoms with Crippen LogP contribution in [-0.4, -0.2) is 11.6 Å². The second kappa shape index (κ2) is 6.18. The summed E-state index contributed by atoms with van der Waals surface area (Å²) >= 11 is 0. The maximum absolute atomic E-state index is 13.8. The molecule has 34 heavy (non-hydrogen) atoms. The smallest absolute Gasteiger partial charge is 0.191 e. The third-order valence-electron chi connectivity index (χ3n) is 7.92. The molecule has 0 heterocycles. The third-order valence-corrected chi connectivity index (χ3v) is 7.92. The first kappa shape index (κ1) is 18.2. The first-order valence-corrected chi connectivity index (χ1v) is 11.7. The van der Waals surface area contributed by atoms with Crippen LogP contribution >= 0.6 is 0 Å². The fraction of sp³-hybridized carbons (Fsp3) is 0.0625. The molecule has 0 spiro atoms. The number of hydrogen-bond donors (Lipinski definition) is 0. The van der Waals surface area contributed by atoms with Gasteiger partial charge < -0.3 is 0 Å². The number of rotatable bonds is 0. The summed E-state index contributed by atoms with van der Waals surface area (Å²) in [5.74, 6) is -0.434. The number of ketones is 2. The van der Waals surface area contributed by atoms with Gasteiger partial charge in [-0.05, 0) is 68.1 Å². The normalized spacial score (nSPS) is 19.8. The SMILES string of the molecule is O=C1C2=C(C(=O)c3ccccc31)[C@H]1c3ccccc3[C@@H]2c2cc3cc4ccccc4cc3cc21. The lowest BCUT2D eigenvalue weighted by Gasteiger charge is -2.44. The van der Waals surface area contributed by atoms with E-state index in [1.54, 1.807) is 12.1 Å². The Kier molecular flexibility index (Phi) is 3.30. The molecule has 0 aliphatic heterocycles. The highest BCUT2D eigenvalue weighted by molar-refractivity contribution is 6.29. The first-order chi connectivity index (χ1) is 16.7. The molecule has 0 unspecified atom stereocenters. The minimum atomic E-state index is -0.216. The molecule has 158 valence electrons. The van der Waals surface area contributed by atoms with Crippen molar-refractivity contribution in [1.82, 2.24) is 0 Å². The van der Waals surface area contributed by atoms with E-state index >= 15 is 0 Å². The first-order valence-electron chi connectivity index (χ1n) is 11.7. The molecule has 0 amide bonds. The third kappa shape index (κ3) is 2.11. The van der Waals surface area contributed by atoms with E-state index in [-0.39, 0.29) is 23.4 Å². The number of fused-ring (bicyclic) bond motifs is 3. The molecule has 2 bridgehead atoms. The van der Waals surface area contributed by atoms with Crippen molar-refractivity contribution in [1.29, 1.82) is 0 Å². The minimum absolute atomic E-state index is 0.000962. The fourth-order valence-corrected chi connectivity index (χ4v) is 6.51. The Labute approximate surface area is 196 Å². The Hall–Kier alpha value is -4.30. The fourth-order valence-electron chi connectivity index (χ4n) is 6.51. The van der Waals surface area contributed by atoms with Crippen molar-refractivity contribution in [2.24, 2.45) is 0 Å². The number of hydrogen-bond acceptors (Lipinski definition) is 2. The summed E-state index contributed by atoms with van der Waals surface area (Å²) in [4.78, 5) is 27.7. The number of Topliss-reactive ketones (excluding diaryl/α,β-unsaturated/α-hetero) is 2. The summed E-state index contributed by atoms with van der Waals surface area (Å²) in [5, 5.41) is 4.74. The lowest BCUT2D eigenvalue weighted by Crippen LogP contribution is -2.37. The molecule has 0 radical (unpaired) electrons. The molecule has 4 aliphatic carbocycles. The zero-order valence-electron chi connectivity index (χ0n) is 18.2. The molecule has 0 aromatic heterocycles. The van der Waals surface area contributed by atoms with E-state index in [2.05, 4.69) is 60.7 Å². The molecule has 5 aromatic rings. The van der Waals surface area contributed by atoms with Crippen LogP contribution in [0.5, 0.6) is 0 Å². The number of carbonyl (C=O) groups is 2. The summed E-state index contributed by atoms with van der Waals surface area (Å²) < 4.78 is 0. The van der Waals surface area contributed by atoms with Gasteiger partial charge in [-0.25, -0.2) is 0 Å². The number of benzene rings is 5. The molecule has 5 aromatic carbocycles. The molecule has 2 atom stereocenters. The van der Waals surface area contributed by atoms with E-state index in [1.807, 2.05) is 24.3 Å². The lowest BCUT2D eigenvalue weighted by molar-refractivity contribution is 0.0963. The standard InChI is InChI=1S/C32H18O2/c33-31-23-11-5-6-12-24(23)32(34)30-28-22-10-4-3-9-21(22)27(29(30)31)25-15-19-13-17-7-1-2-8-18(17)14-20(19)16-26(25)28/h1-16,27-28H/t27-,28+. The van der Waals surface area contributed by atoms with Crippen molar-refractivity contribution in [3.8, 4) is 0 Å². The van der Waals surface area contributed by atoms with Crippen molar-refractivity contribution in [2.75, 3.05) is 0 Å². The molecular weight excluding hydrogens is 416 g/mol. The van der Waals surface area contributed by atoms with Gasteiger partial charge in [-0.2, -0.15) is 0 Å². The van der Waals surface area contributed by atoms with Gasteiger partial charge in [0.1, 0.15) is 0 Å². The maximum atomic E-state index is 13.8.